The minimum absolute atomic E-state index is 0.391. The predicted molar refractivity (Wildman–Crippen MR) is 94.2 cm³/mol. The number of benzene rings is 2. The number of rotatable bonds is 6. The van der Waals surface area contributed by atoms with Gasteiger partial charge in [-0.1, -0.05) is 54.7 Å². The summed E-state index contributed by atoms with van der Waals surface area (Å²) < 4.78 is 5.90. The Labute approximate surface area is 146 Å². The molecule has 0 heterocycles. The van der Waals surface area contributed by atoms with Gasteiger partial charge < -0.3 is 10.1 Å². The van der Waals surface area contributed by atoms with Crippen LogP contribution in [0.15, 0.2) is 36.4 Å². The molecule has 0 bridgehead atoms. The maximum absolute atomic E-state index is 6.07. The second-order valence-corrected chi connectivity index (χ2v) is 6.58. The van der Waals surface area contributed by atoms with Crippen molar-refractivity contribution in [2.24, 2.45) is 0 Å². The monoisotopic (exact) mass is 357 g/mol. The number of halogens is 3. The third-order valence-electron chi connectivity index (χ3n) is 3.10. The van der Waals surface area contributed by atoms with Gasteiger partial charge in [0.05, 0.1) is 10.0 Å². The van der Waals surface area contributed by atoms with Crippen molar-refractivity contribution >= 4 is 34.8 Å². The minimum Gasteiger partial charge on any atom is -0.489 e. The molecule has 0 radical (unpaired) electrons. The van der Waals surface area contributed by atoms with E-state index in [0.29, 0.717) is 34.3 Å². The van der Waals surface area contributed by atoms with Gasteiger partial charge >= 0.3 is 0 Å². The molecule has 0 amide bonds. The van der Waals surface area contributed by atoms with Crippen molar-refractivity contribution in [2.45, 2.75) is 33.0 Å². The molecule has 0 saturated carbocycles. The standard InChI is InChI=1S/C17H18Cl3NO/c1-11(2)21-9-13-8-14(18)4-6-17(13)22-10-12-3-5-15(19)16(20)7-12/h3-8,11,21H,9-10H2,1-2H3. The zero-order valence-corrected chi connectivity index (χ0v) is 14.8. The zero-order valence-electron chi connectivity index (χ0n) is 12.5. The van der Waals surface area contributed by atoms with E-state index in [1.165, 1.54) is 0 Å². The lowest BCUT2D eigenvalue weighted by atomic mass is 10.2. The fourth-order valence-corrected chi connectivity index (χ4v) is 2.45. The van der Waals surface area contributed by atoms with Crippen LogP contribution in [-0.2, 0) is 13.2 Å². The van der Waals surface area contributed by atoms with E-state index in [9.17, 15) is 0 Å². The molecule has 5 heteroatoms. The van der Waals surface area contributed by atoms with Crippen LogP contribution in [-0.4, -0.2) is 6.04 Å². The van der Waals surface area contributed by atoms with E-state index >= 15 is 0 Å². The smallest absolute Gasteiger partial charge is 0.124 e. The highest BCUT2D eigenvalue weighted by Gasteiger charge is 2.07. The third-order valence-corrected chi connectivity index (χ3v) is 4.08. The summed E-state index contributed by atoms with van der Waals surface area (Å²) in [6, 6.07) is 11.5. The van der Waals surface area contributed by atoms with Crippen molar-refractivity contribution in [1.82, 2.24) is 5.32 Å². The van der Waals surface area contributed by atoms with Crippen molar-refractivity contribution in [3.63, 3.8) is 0 Å². The summed E-state index contributed by atoms with van der Waals surface area (Å²) in [6.45, 7) is 5.32. The summed E-state index contributed by atoms with van der Waals surface area (Å²) in [5.74, 6) is 0.809. The highest BCUT2D eigenvalue weighted by molar-refractivity contribution is 6.42. The Hall–Kier alpha value is -0.930. The molecule has 2 rings (SSSR count). The quantitative estimate of drug-likeness (QED) is 0.712. The van der Waals surface area contributed by atoms with Gasteiger partial charge in [0, 0.05) is 23.2 Å². The maximum Gasteiger partial charge on any atom is 0.124 e. The molecule has 0 atom stereocenters. The average molecular weight is 359 g/mol. The van der Waals surface area contributed by atoms with Gasteiger partial charge in [0.15, 0.2) is 0 Å². The van der Waals surface area contributed by atoms with Crippen molar-refractivity contribution in [1.29, 1.82) is 0 Å². The molecular weight excluding hydrogens is 341 g/mol. The summed E-state index contributed by atoms with van der Waals surface area (Å²) >= 11 is 18.0. The first-order valence-corrected chi connectivity index (χ1v) is 8.17. The average Bonchev–Trinajstić information content (AvgIpc) is 2.47. The molecule has 1 N–H and O–H groups in total. The van der Waals surface area contributed by atoms with Crippen LogP contribution in [0.5, 0.6) is 5.75 Å². The maximum atomic E-state index is 6.07. The highest BCUT2D eigenvalue weighted by atomic mass is 35.5. The number of hydrogen-bond donors (Lipinski definition) is 1. The third kappa shape index (κ3) is 5.06. The van der Waals surface area contributed by atoms with Gasteiger partial charge in [0.1, 0.15) is 12.4 Å². The Kier molecular flexibility index (Phi) is 6.39. The van der Waals surface area contributed by atoms with E-state index in [4.69, 9.17) is 39.5 Å². The van der Waals surface area contributed by atoms with Gasteiger partial charge in [-0.05, 0) is 35.9 Å². The minimum atomic E-state index is 0.391. The highest BCUT2D eigenvalue weighted by Crippen LogP contribution is 2.26. The molecule has 0 aliphatic carbocycles. The van der Waals surface area contributed by atoms with Crippen molar-refractivity contribution < 1.29 is 4.74 Å². The lowest BCUT2D eigenvalue weighted by Gasteiger charge is -2.14. The van der Waals surface area contributed by atoms with Gasteiger partial charge in [0.25, 0.3) is 0 Å². The Balaban J connectivity index is 2.09. The lowest BCUT2D eigenvalue weighted by Crippen LogP contribution is -2.22. The molecule has 2 aromatic carbocycles. The van der Waals surface area contributed by atoms with Crippen LogP contribution in [0, 0.1) is 0 Å². The topological polar surface area (TPSA) is 21.3 Å². The fourth-order valence-electron chi connectivity index (χ4n) is 1.93. The van der Waals surface area contributed by atoms with Crippen LogP contribution in [0.2, 0.25) is 15.1 Å². The summed E-state index contributed by atoms with van der Waals surface area (Å²) in [5, 5.41) is 5.13. The SMILES string of the molecule is CC(C)NCc1cc(Cl)ccc1OCc1ccc(Cl)c(Cl)c1. The van der Waals surface area contributed by atoms with Crippen LogP contribution in [0.1, 0.15) is 25.0 Å². The molecule has 2 nitrogen and oxygen atoms in total. The van der Waals surface area contributed by atoms with Crippen LogP contribution in [0.4, 0.5) is 0 Å². The van der Waals surface area contributed by atoms with Crippen LogP contribution >= 0.6 is 34.8 Å². The van der Waals surface area contributed by atoms with Crippen molar-refractivity contribution in [2.75, 3.05) is 0 Å². The fraction of sp³-hybridized carbons (Fsp3) is 0.294. The largest absolute Gasteiger partial charge is 0.489 e. The first-order chi connectivity index (χ1) is 10.5. The molecule has 2 aromatic rings. The van der Waals surface area contributed by atoms with E-state index in [1.807, 2.05) is 30.3 Å². The molecular formula is C17H18Cl3NO. The molecule has 0 saturated heterocycles. The van der Waals surface area contributed by atoms with E-state index in [1.54, 1.807) is 6.07 Å². The number of ether oxygens (including phenoxy) is 1. The Morgan fingerprint density at radius 3 is 2.45 bits per heavy atom. The molecule has 22 heavy (non-hydrogen) atoms. The Bertz CT molecular complexity index is 644. The van der Waals surface area contributed by atoms with Crippen molar-refractivity contribution in [3.8, 4) is 5.75 Å². The summed E-state index contributed by atoms with van der Waals surface area (Å²) in [6.07, 6.45) is 0. The Morgan fingerprint density at radius 2 is 1.77 bits per heavy atom. The number of nitrogens with one attached hydrogen (secondary N) is 1. The van der Waals surface area contributed by atoms with E-state index < -0.39 is 0 Å². The molecule has 0 aromatic heterocycles. The van der Waals surface area contributed by atoms with Gasteiger partial charge in [-0.15, -0.1) is 0 Å². The van der Waals surface area contributed by atoms with E-state index in [2.05, 4.69) is 19.2 Å². The first-order valence-electron chi connectivity index (χ1n) is 7.04. The van der Waals surface area contributed by atoms with E-state index in [0.717, 1.165) is 16.9 Å². The summed E-state index contributed by atoms with van der Waals surface area (Å²) in [5.41, 5.74) is 1.99. The molecule has 0 aliphatic heterocycles. The molecule has 118 valence electrons. The van der Waals surface area contributed by atoms with Crippen LogP contribution in [0.3, 0.4) is 0 Å². The molecule has 0 aliphatic rings. The summed E-state index contributed by atoms with van der Waals surface area (Å²) in [7, 11) is 0. The normalized spacial score (nSPS) is 11.0. The van der Waals surface area contributed by atoms with Gasteiger partial charge in [-0.25, -0.2) is 0 Å². The number of hydrogen-bond acceptors (Lipinski definition) is 2. The Morgan fingerprint density at radius 1 is 1.00 bits per heavy atom. The molecule has 0 fully saturated rings. The van der Waals surface area contributed by atoms with Gasteiger partial charge in [0.2, 0.25) is 0 Å². The second-order valence-electron chi connectivity index (χ2n) is 5.32. The van der Waals surface area contributed by atoms with Crippen molar-refractivity contribution in [3.05, 3.63) is 62.6 Å². The summed E-state index contributed by atoms with van der Waals surface area (Å²) in [4.78, 5) is 0. The van der Waals surface area contributed by atoms with Gasteiger partial charge in [-0.3, -0.25) is 0 Å². The lowest BCUT2D eigenvalue weighted by molar-refractivity contribution is 0.302. The molecule has 0 spiro atoms. The molecule has 0 unspecified atom stereocenters. The first kappa shape index (κ1) is 17.4. The predicted octanol–water partition coefficient (Wildman–Crippen LogP) is 5.72. The van der Waals surface area contributed by atoms with Gasteiger partial charge in [-0.2, -0.15) is 0 Å². The van der Waals surface area contributed by atoms with E-state index in [-0.39, 0.29) is 0 Å². The van der Waals surface area contributed by atoms with Crippen LogP contribution in [0.25, 0.3) is 0 Å². The zero-order chi connectivity index (χ0) is 16.1. The van der Waals surface area contributed by atoms with Crippen LogP contribution < -0.4 is 10.1 Å². The second kappa shape index (κ2) is 8.07.